The molecule has 0 saturated heterocycles. The fourth-order valence-corrected chi connectivity index (χ4v) is 1.86. The molecule has 0 aliphatic carbocycles. The van der Waals surface area contributed by atoms with Gasteiger partial charge in [-0.25, -0.2) is 0 Å². The van der Waals surface area contributed by atoms with Crippen LogP contribution in [-0.2, 0) is 17.6 Å². The molecule has 0 aromatic heterocycles. The second kappa shape index (κ2) is 5.28. The van der Waals surface area contributed by atoms with Crippen molar-refractivity contribution in [3.63, 3.8) is 0 Å². The standard InChI is InChI=1S/C11H14BrNO2/c1-2-7-5-9(12)4-3-8(7)6-10(13)11(14)15/h3-5,10H,2,6,13H2,1H3,(H,14,15). The summed E-state index contributed by atoms with van der Waals surface area (Å²) in [6, 6.07) is 5.01. The molecule has 15 heavy (non-hydrogen) atoms. The van der Waals surface area contributed by atoms with Gasteiger partial charge in [0.15, 0.2) is 0 Å². The van der Waals surface area contributed by atoms with E-state index in [1.807, 2.05) is 25.1 Å². The Morgan fingerprint density at radius 3 is 2.73 bits per heavy atom. The van der Waals surface area contributed by atoms with E-state index in [9.17, 15) is 4.79 Å². The lowest BCUT2D eigenvalue weighted by Gasteiger charge is -2.11. The summed E-state index contributed by atoms with van der Waals surface area (Å²) < 4.78 is 1.01. The second-order valence-electron chi connectivity index (χ2n) is 3.42. The van der Waals surface area contributed by atoms with Crippen LogP contribution in [0.4, 0.5) is 0 Å². The van der Waals surface area contributed by atoms with Gasteiger partial charge in [-0.2, -0.15) is 0 Å². The molecule has 82 valence electrons. The fraction of sp³-hybridized carbons (Fsp3) is 0.364. The quantitative estimate of drug-likeness (QED) is 0.880. The first-order valence-corrected chi connectivity index (χ1v) is 5.59. The van der Waals surface area contributed by atoms with Gasteiger partial charge in [-0.05, 0) is 36.1 Å². The van der Waals surface area contributed by atoms with Gasteiger partial charge in [-0.15, -0.1) is 0 Å². The average molecular weight is 272 g/mol. The lowest BCUT2D eigenvalue weighted by Crippen LogP contribution is -2.32. The topological polar surface area (TPSA) is 63.3 Å². The smallest absolute Gasteiger partial charge is 0.320 e. The largest absolute Gasteiger partial charge is 0.480 e. The molecule has 0 aliphatic rings. The van der Waals surface area contributed by atoms with Crippen molar-refractivity contribution in [1.29, 1.82) is 0 Å². The Bertz CT molecular complexity index is 366. The van der Waals surface area contributed by atoms with Crippen molar-refractivity contribution in [2.45, 2.75) is 25.8 Å². The van der Waals surface area contributed by atoms with Gasteiger partial charge < -0.3 is 10.8 Å². The van der Waals surface area contributed by atoms with Gasteiger partial charge in [-0.1, -0.05) is 28.9 Å². The summed E-state index contributed by atoms with van der Waals surface area (Å²) in [5, 5.41) is 8.73. The zero-order valence-electron chi connectivity index (χ0n) is 8.53. The Kier molecular flexibility index (Phi) is 4.29. The molecule has 0 saturated carbocycles. The Morgan fingerprint density at radius 2 is 2.20 bits per heavy atom. The number of carboxylic acid groups (broad SMARTS) is 1. The maximum Gasteiger partial charge on any atom is 0.320 e. The van der Waals surface area contributed by atoms with Crippen LogP contribution in [0.25, 0.3) is 0 Å². The predicted molar refractivity (Wildman–Crippen MR) is 62.8 cm³/mol. The van der Waals surface area contributed by atoms with Gasteiger partial charge in [0, 0.05) is 4.47 Å². The molecule has 3 N–H and O–H groups in total. The minimum atomic E-state index is -0.958. The molecule has 4 heteroatoms. The van der Waals surface area contributed by atoms with Crippen molar-refractivity contribution >= 4 is 21.9 Å². The van der Waals surface area contributed by atoms with Gasteiger partial charge in [0.2, 0.25) is 0 Å². The first kappa shape index (κ1) is 12.2. The lowest BCUT2D eigenvalue weighted by molar-refractivity contribution is -0.138. The van der Waals surface area contributed by atoms with Crippen molar-refractivity contribution in [2.75, 3.05) is 0 Å². The molecular weight excluding hydrogens is 258 g/mol. The number of hydrogen-bond acceptors (Lipinski definition) is 2. The number of rotatable bonds is 4. The molecule has 0 heterocycles. The number of nitrogens with two attached hydrogens (primary N) is 1. The number of carbonyl (C=O) groups is 1. The molecule has 0 fully saturated rings. The van der Waals surface area contributed by atoms with Gasteiger partial charge in [0.1, 0.15) is 6.04 Å². The summed E-state index contributed by atoms with van der Waals surface area (Å²) in [6.07, 6.45) is 1.26. The third-order valence-corrected chi connectivity index (χ3v) is 2.80. The van der Waals surface area contributed by atoms with E-state index in [0.29, 0.717) is 6.42 Å². The normalized spacial score (nSPS) is 12.5. The van der Waals surface area contributed by atoms with Crippen LogP contribution >= 0.6 is 15.9 Å². The van der Waals surface area contributed by atoms with E-state index >= 15 is 0 Å². The highest BCUT2D eigenvalue weighted by Crippen LogP contribution is 2.18. The molecule has 0 spiro atoms. The average Bonchev–Trinajstić information content (AvgIpc) is 2.20. The summed E-state index contributed by atoms with van der Waals surface area (Å²) in [5.41, 5.74) is 7.65. The summed E-state index contributed by atoms with van der Waals surface area (Å²) >= 11 is 3.38. The van der Waals surface area contributed by atoms with Gasteiger partial charge in [0.25, 0.3) is 0 Å². The SMILES string of the molecule is CCc1cc(Br)ccc1CC(N)C(=O)O. The van der Waals surface area contributed by atoms with Crippen LogP contribution in [0.5, 0.6) is 0 Å². The fourth-order valence-electron chi connectivity index (χ4n) is 1.45. The van der Waals surface area contributed by atoms with Crippen molar-refractivity contribution in [3.8, 4) is 0 Å². The summed E-state index contributed by atoms with van der Waals surface area (Å²) in [5.74, 6) is -0.958. The molecular formula is C11H14BrNO2. The van der Waals surface area contributed by atoms with Crippen LogP contribution < -0.4 is 5.73 Å². The van der Waals surface area contributed by atoms with Crippen molar-refractivity contribution in [1.82, 2.24) is 0 Å². The minimum absolute atomic E-state index is 0.381. The second-order valence-corrected chi connectivity index (χ2v) is 4.33. The van der Waals surface area contributed by atoms with Crippen LogP contribution in [0.1, 0.15) is 18.1 Å². The molecule has 1 rings (SSSR count). The van der Waals surface area contributed by atoms with Crippen LogP contribution in [0.3, 0.4) is 0 Å². The first-order valence-electron chi connectivity index (χ1n) is 4.80. The van der Waals surface area contributed by atoms with E-state index in [-0.39, 0.29) is 0 Å². The predicted octanol–water partition coefficient (Wildman–Crippen LogP) is 1.97. The maximum atomic E-state index is 10.6. The van der Waals surface area contributed by atoms with Crippen molar-refractivity contribution in [2.24, 2.45) is 5.73 Å². The Balaban J connectivity index is 2.89. The summed E-state index contributed by atoms with van der Waals surface area (Å²) in [6.45, 7) is 2.04. The highest BCUT2D eigenvalue weighted by molar-refractivity contribution is 9.10. The van der Waals surface area contributed by atoms with E-state index in [1.54, 1.807) is 0 Å². The van der Waals surface area contributed by atoms with Gasteiger partial charge in [-0.3, -0.25) is 4.79 Å². The highest BCUT2D eigenvalue weighted by atomic mass is 79.9. The van der Waals surface area contributed by atoms with E-state index in [0.717, 1.165) is 22.0 Å². The third-order valence-electron chi connectivity index (χ3n) is 2.31. The number of hydrogen-bond donors (Lipinski definition) is 2. The van der Waals surface area contributed by atoms with E-state index in [4.69, 9.17) is 10.8 Å². The zero-order chi connectivity index (χ0) is 11.4. The van der Waals surface area contributed by atoms with E-state index in [2.05, 4.69) is 15.9 Å². The zero-order valence-corrected chi connectivity index (χ0v) is 10.1. The number of halogens is 1. The molecule has 0 bridgehead atoms. The minimum Gasteiger partial charge on any atom is -0.480 e. The van der Waals surface area contributed by atoms with E-state index < -0.39 is 12.0 Å². The molecule has 1 aromatic carbocycles. The van der Waals surface area contributed by atoms with Crippen LogP contribution in [-0.4, -0.2) is 17.1 Å². The third kappa shape index (κ3) is 3.32. The molecule has 0 amide bonds. The number of aryl methyl sites for hydroxylation is 1. The van der Waals surface area contributed by atoms with Crippen LogP contribution in [0, 0.1) is 0 Å². The number of carboxylic acids is 1. The number of aliphatic carboxylic acids is 1. The number of benzene rings is 1. The molecule has 1 aromatic rings. The molecule has 3 nitrogen and oxygen atoms in total. The summed E-state index contributed by atoms with van der Waals surface area (Å²) in [4.78, 5) is 10.6. The molecule has 1 unspecified atom stereocenters. The Hall–Kier alpha value is -0.870. The highest BCUT2D eigenvalue weighted by Gasteiger charge is 2.13. The van der Waals surface area contributed by atoms with Crippen LogP contribution in [0.2, 0.25) is 0 Å². The summed E-state index contributed by atoms with van der Waals surface area (Å²) in [7, 11) is 0. The van der Waals surface area contributed by atoms with E-state index in [1.165, 1.54) is 0 Å². The Morgan fingerprint density at radius 1 is 1.53 bits per heavy atom. The van der Waals surface area contributed by atoms with Gasteiger partial charge in [0.05, 0.1) is 0 Å². The lowest BCUT2D eigenvalue weighted by atomic mass is 9.99. The molecule has 0 aliphatic heterocycles. The molecule has 1 atom stereocenters. The maximum absolute atomic E-state index is 10.6. The first-order chi connectivity index (χ1) is 7.04. The van der Waals surface area contributed by atoms with Crippen molar-refractivity contribution < 1.29 is 9.90 Å². The Labute approximate surface area is 97.4 Å². The molecule has 0 radical (unpaired) electrons. The van der Waals surface area contributed by atoms with Crippen molar-refractivity contribution in [3.05, 3.63) is 33.8 Å². The monoisotopic (exact) mass is 271 g/mol. The van der Waals surface area contributed by atoms with Gasteiger partial charge >= 0.3 is 5.97 Å². The van der Waals surface area contributed by atoms with Crippen LogP contribution in [0.15, 0.2) is 22.7 Å².